The highest BCUT2D eigenvalue weighted by Crippen LogP contribution is 2.51. The van der Waals surface area contributed by atoms with E-state index >= 15 is 4.39 Å². The number of rotatable bonds is 5. The number of nitrogens with zero attached hydrogens (tertiary/aromatic N) is 3. The average molecular weight is 534 g/mol. The summed E-state index contributed by atoms with van der Waals surface area (Å²) in [6.45, 7) is 1.49. The van der Waals surface area contributed by atoms with Crippen LogP contribution in [0.3, 0.4) is 0 Å². The van der Waals surface area contributed by atoms with Gasteiger partial charge < -0.3 is 10.0 Å². The number of hydrogen-bond acceptors (Lipinski definition) is 3. The maximum absolute atomic E-state index is 15.4. The second-order valence-electron chi connectivity index (χ2n) is 9.99. The molecule has 1 amide bonds. The summed E-state index contributed by atoms with van der Waals surface area (Å²) >= 11 is 6.32. The van der Waals surface area contributed by atoms with Gasteiger partial charge in [-0.15, -0.1) is 0 Å². The molecular formula is C29H25ClFN3O4. The van der Waals surface area contributed by atoms with Gasteiger partial charge in [-0.1, -0.05) is 23.7 Å². The molecule has 0 atom stereocenters. The van der Waals surface area contributed by atoms with E-state index in [1.54, 1.807) is 53.1 Å². The number of piperidine rings is 1. The van der Waals surface area contributed by atoms with Gasteiger partial charge in [0.05, 0.1) is 27.8 Å². The zero-order valence-corrected chi connectivity index (χ0v) is 21.2. The molecule has 0 spiro atoms. The summed E-state index contributed by atoms with van der Waals surface area (Å²) in [6.07, 6.45) is 4.09. The lowest BCUT2D eigenvalue weighted by Gasteiger charge is -2.26. The summed E-state index contributed by atoms with van der Waals surface area (Å²) in [7, 11) is 0. The highest BCUT2D eigenvalue weighted by Gasteiger charge is 2.51. The van der Waals surface area contributed by atoms with E-state index in [1.165, 1.54) is 16.7 Å². The normalized spacial score (nSPS) is 16.5. The molecule has 3 aromatic carbocycles. The van der Waals surface area contributed by atoms with Gasteiger partial charge in [-0.05, 0) is 80.6 Å². The quantitative estimate of drug-likeness (QED) is 0.370. The number of carbonyl (C=O) groups is 2. The van der Waals surface area contributed by atoms with Crippen LogP contribution in [-0.4, -0.2) is 44.1 Å². The molecule has 9 heteroatoms. The number of carboxylic acid groups (broad SMARTS) is 1. The Balaban J connectivity index is 1.48. The summed E-state index contributed by atoms with van der Waals surface area (Å²) in [5.41, 5.74) is 0.551. The number of likely N-dealkylation sites (tertiary alicyclic amines) is 1. The van der Waals surface area contributed by atoms with Crippen molar-refractivity contribution in [3.05, 3.63) is 98.7 Å². The van der Waals surface area contributed by atoms with Gasteiger partial charge in [0, 0.05) is 29.2 Å². The Morgan fingerprint density at radius 2 is 1.63 bits per heavy atom. The first-order valence-corrected chi connectivity index (χ1v) is 13.1. The topological polar surface area (TPSA) is 84.5 Å². The van der Waals surface area contributed by atoms with Gasteiger partial charge in [0.25, 0.3) is 5.91 Å². The highest BCUT2D eigenvalue weighted by atomic mass is 35.5. The van der Waals surface area contributed by atoms with Crippen LogP contribution < -0.4 is 5.69 Å². The minimum atomic E-state index is -1.36. The zero-order chi connectivity index (χ0) is 26.6. The molecule has 1 saturated heterocycles. The summed E-state index contributed by atoms with van der Waals surface area (Å²) in [4.78, 5) is 40.4. The predicted molar refractivity (Wildman–Crippen MR) is 142 cm³/mol. The number of amides is 1. The molecule has 38 heavy (non-hydrogen) atoms. The predicted octanol–water partition coefficient (Wildman–Crippen LogP) is 5.45. The van der Waals surface area contributed by atoms with Crippen molar-refractivity contribution in [2.45, 2.75) is 37.6 Å². The van der Waals surface area contributed by atoms with Crippen LogP contribution in [0.5, 0.6) is 0 Å². The highest BCUT2D eigenvalue weighted by molar-refractivity contribution is 6.31. The average Bonchev–Trinajstić information content (AvgIpc) is 3.66. The Morgan fingerprint density at radius 3 is 2.29 bits per heavy atom. The van der Waals surface area contributed by atoms with Crippen molar-refractivity contribution in [2.75, 3.05) is 13.1 Å². The fraction of sp³-hybridized carbons (Fsp3) is 0.276. The largest absolute Gasteiger partial charge is 0.478 e. The van der Waals surface area contributed by atoms with Gasteiger partial charge in [-0.25, -0.2) is 14.0 Å². The van der Waals surface area contributed by atoms with Crippen LogP contribution in [0, 0.1) is 5.82 Å². The molecule has 1 N–H and O–H groups in total. The molecular weight excluding hydrogens is 509 g/mol. The lowest BCUT2D eigenvalue weighted by Crippen LogP contribution is -2.35. The van der Waals surface area contributed by atoms with E-state index in [4.69, 9.17) is 11.6 Å². The Bertz CT molecular complexity index is 1650. The minimum absolute atomic E-state index is 0.0280. The fourth-order valence-electron chi connectivity index (χ4n) is 5.66. The Kier molecular flexibility index (Phi) is 5.87. The van der Waals surface area contributed by atoms with Crippen molar-refractivity contribution >= 4 is 34.5 Å². The number of aromatic nitrogens is 2. The molecule has 1 saturated carbocycles. The van der Waals surface area contributed by atoms with Gasteiger partial charge in [0.2, 0.25) is 0 Å². The summed E-state index contributed by atoms with van der Waals surface area (Å²) in [6, 6.07) is 16.2. The Morgan fingerprint density at radius 1 is 0.921 bits per heavy atom. The van der Waals surface area contributed by atoms with Crippen molar-refractivity contribution < 1.29 is 19.1 Å². The van der Waals surface area contributed by atoms with Gasteiger partial charge >= 0.3 is 11.7 Å². The molecule has 1 aromatic heterocycles. The third-order valence-corrected chi connectivity index (χ3v) is 7.93. The number of aromatic carboxylic acids is 1. The van der Waals surface area contributed by atoms with E-state index in [2.05, 4.69) is 0 Å². The lowest BCUT2D eigenvalue weighted by molar-refractivity contribution is 0.0689. The van der Waals surface area contributed by atoms with Crippen molar-refractivity contribution in [1.29, 1.82) is 0 Å². The Hall–Kier alpha value is -3.91. The summed E-state index contributed by atoms with van der Waals surface area (Å²) in [5.74, 6) is -2.22. The van der Waals surface area contributed by atoms with Crippen molar-refractivity contribution in [3.63, 3.8) is 0 Å². The van der Waals surface area contributed by atoms with E-state index in [-0.39, 0.29) is 11.5 Å². The maximum Gasteiger partial charge on any atom is 0.338 e. The number of carbonyl (C=O) groups excluding carboxylic acids is 1. The van der Waals surface area contributed by atoms with Crippen molar-refractivity contribution in [1.82, 2.24) is 14.0 Å². The van der Waals surface area contributed by atoms with Crippen LogP contribution in [0.4, 0.5) is 4.39 Å². The van der Waals surface area contributed by atoms with E-state index in [0.29, 0.717) is 40.1 Å². The standard InChI is InChI=1S/C29H25ClFN3O4/c30-19-9-12-23-24(17-19)33(20-10-7-18(8-11-20)26(35)32-15-2-1-3-16-32)28(38)34(23)29(13-14-29)22-6-4-5-21(25(22)31)27(36)37/h4-12,17H,1-3,13-16H2,(H,36,37). The second-order valence-corrected chi connectivity index (χ2v) is 10.4. The van der Waals surface area contributed by atoms with Crippen molar-refractivity contribution in [3.8, 4) is 5.69 Å². The molecule has 0 unspecified atom stereocenters. The fourth-order valence-corrected chi connectivity index (χ4v) is 5.82. The summed E-state index contributed by atoms with van der Waals surface area (Å²) in [5, 5.41) is 9.88. The van der Waals surface area contributed by atoms with E-state index < -0.39 is 28.6 Å². The van der Waals surface area contributed by atoms with Gasteiger partial charge in [-0.3, -0.25) is 13.9 Å². The van der Waals surface area contributed by atoms with E-state index in [1.807, 2.05) is 4.90 Å². The maximum atomic E-state index is 15.4. The molecule has 0 bridgehead atoms. The van der Waals surface area contributed by atoms with Crippen LogP contribution in [0.1, 0.15) is 58.4 Å². The SMILES string of the molecule is O=C(O)c1cccc(C2(n3c(=O)n(-c4ccc(C(=O)N5CCCCC5)cc4)c4cc(Cl)ccc43)CC2)c1F. The monoisotopic (exact) mass is 533 g/mol. The first-order chi connectivity index (χ1) is 18.3. The third-order valence-electron chi connectivity index (χ3n) is 7.70. The number of imidazole rings is 1. The van der Waals surface area contributed by atoms with Crippen LogP contribution in [0.15, 0.2) is 65.5 Å². The lowest BCUT2D eigenvalue weighted by atomic mass is 10.00. The van der Waals surface area contributed by atoms with Crippen LogP contribution >= 0.6 is 11.6 Å². The molecule has 194 valence electrons. The first-order valence-electron chi connectivity index (χ1n) is 12.7. The van der Waals surface area contributed by atoms with Crippen LogP contribution in [0.2, 0.25) is 5.02 Å². The first kappa shape index (κ1) is 24.4. The number of fused-ring (bicyclic) bond motifs is 1. The number of halogens is 2. The van der Waals surface area contributed by atoms with Crippen LogP contribution in [-0.2, 0) is 5.54 Å². The molecule has 1 aliphatic carbocycles. The van der Waals surface area contributed by atoms with E-state index in [0.717, 1.165) is 32.4 Å². The molecule has 2 fully saturated rings. The molecule has 6 rings (SSSR count). The third kappa shape index (κ3) is 3.82. The molecule has 2 aliphatic rings. The van der Waals surface area contributed by atoms with Crippen molar-refractivity contribution in [2.24, 2.45) is 0 Å². The second kappa shape index (κ2) is 9.13. The van der Waals surface area contributed by atoms with Gasteiger partial charge in [0.15, 0.2) is 0 Å². The number of benzene rings is 3. The zero-order valence-electron chi connectivity index (χ0n) is 20.5. The smallest absolute Gasteiger partial charge is 0.338 e. The Labute approximate surface area is 222 Å². The number of carboxylic acids is 1. The molecule has 2 heterocycles. The minimum Gasteiger partial charge on any atom is -0.478 e. The molecule has 4 aromatic rings. The van der Waals surface area contributed by atoms with Gasteiger partial charge in [-0.2, -0.15) is 0 Å². The summed E-state index contributed by atoms with van der Waals surface area (Å²) < 4.78 is 18.4. The molecule has 7 nitrogen and oxygen atoms in total. The molecule has 1 aliphatic heterocycles. The van der Waals surface area contributed by atoms with Crippen LogP contribution in [0.25, 0.3) is 16.7 Å². The van der Waals surface area contributed by atoms with E-state index in [9.17, 15) is 19.5 Å². The number of hydrogen-bond donors (Lipinski definition) is 1. The molecule has 0 radical (unpaired) electrons. The van der Waals surface area contributed by atoms with Gasteiger partial charge in [0.1, 0.15) is 5.82 Å².